The number of carbonyl (C=O) groups excluding carboxylic acids is 1. The maximum atomic E-state index is 13.2. The minimum absolute atomic E-state index is 0.133. The van der Waals surface area contributed by atoms with Gasteiger partial charge in [0.25, 0.3) is 0 Å². The van der Waals surface area contributed by atoms with Crippen molar-refractivity contribution < 1.29 is 9.90 Å². The molecule has 2 aromatic rings. The molecule has 1 heterocycles. The summed E-state index contributed by atoms with van der Waals surface area (Å²) in [6.45, 7) is 11.9. The van der Waals surface area contributed by atoms with E-state index in [0.29, 0.717) is 41.0 Å². The van der Waals surface area contributed by atoms with Crippen LogP contribution < -0.4 is 5.73 Å². The number of phenolic OH excluding ortho intramolecular Hbond substituents is 1. The van der Waals surface area contributed by atoms with Crippen LogP contribution in [0.15, 0.2) is 41.9 Å². The normalized spacial score (nSPS) is 26.6. The predicted molar refractivity (Wildman–Crippen MR) is 152 cm³/mol. The lowest BCUT2D eigenvalue weighted by Gasteiger charge is -2.43. The summed E-state index contributed by atoms with van der Waals surface area (Å²) in [5.41, 5.74) is 10.7. The summed E-state index contributed by atoms with van der Waals surface area (Å²) in [5, 5.41) is 10.9. The van der Waals surface area contributed by atoms with Gasteiger partial charge in [-0.2, -0.15) is 0 Å². The molecule has 0 amide bonds. The number of rotatable bonds is 7. The molecule has 0 saturated heterocycles. The molecular weight excluding hydrogens is 458 g/mol. The highest BCUT2D eigenvalue weighted by atomic mass is 16.3. The van der Waals surface area contributed by atoms with Crippen molar-refractivity contribution in [2.75, 3.05) is 0 Å². The van der Waals surface area contributed by atoms with Gasteiger partial charge in [-0.3, -0.25) is 9.78 Å². The fraction of sp³-hybridized carbons (Fsp3) is 0.531. The molecule has 2 saturated carbocycles. The third-order valence-electron chi connectivity index (χ3n) is 8.92. The van der Waals surface area contributed by atoms with E-state index in [1.807, 2.05) is 38.1 Å². The van der Waals surface area contributed by atoms with E-state index in [-0.39, 0.29) is 11.7 Å². The van der Waals surface area contributed by atoms with Crippen LogP contribution >= 0.6 is 0 Å². The number of aromatic hydroxyl groups is 1. The summed E-state index contributed by atoms with van der Waals surface area (Å²) < 4.78 is 0. The Morgan fingerprint density at radius 3 is 2.46 bits per heavy atom. The average molecular weight is 502 g/mol. The first-order valence-electron chi connectivity index (χ1n) is 14.0. The molecule has 37 heavy (non-hydrogen) atoms. The van der Waals surface area contributed by atoms with Crippen molar-refractivity contribution in [3.63, 3.8) is 0 Å². The zero-order valence-electron chi connectivity index (χ0n) is 23.0. The van der Waals surface area contributed by atoms with Crippen molar-refractivity contribution in [1.82, 2.24) is 4.98 Å². The number of nitrogens with zero attached hydrogens (tertiary/aromatic N) is 2. The zero-order chi connectivity index (χ0) is 26.7. The van der Waals surface area contributed by atoms with Crippen LogP contribution in [-0.4, -0.2) is 21.7 Å². The van der Waals surface area contributed by atoms with E-state index in [1.54, 1.807) is 13.0 Å². The number of amidine groups is 1. The third kappa shape index (κ3) is 6.14. The number of hydrogen-bond donors (Lipinski definition) is 2. The molecule has 2 aliphatic carbocycles. The number of aromatic nitrogens is 1. The quantitative estimate of drug-likeness (QED) is 0.236. The first-order valence-corrected chi connectivity index (χ1v) is 14.0. The van der Waals surface area contributed by atoms with E-state index < -0.39 is 0 Å². The van der Waals surface area contributed by atoms with E-state index >= 15 is 0 Å². The molecule has 2 unspecified atom stereocenters. The Labute approximate surface area is 222 Å². The standard InChI is InChI=1S/C32H43N3O2/c1-6-23-17-27(30-16-12-26(18-31(30)36)20(3)35-22(5)33)13-15-29(23)24-8-10-25(11-9-24)32(37)28-14-7-19(2)34-21(28)4/h7,12,14,16,18,23-25,27,29,36H,3,6,8-11,13,15,17H2,1-2,4-5H3,(H2,33,35)/t23-,24?,25?,27?,29?/m0/s1. The van der Waals surface area contributed by atoms with Crippen LogP contribution in [-0.2, 0) is 0 Å². The van der Waals surface area contributed by atoms with E-state index in [0.717, 1.165) is 73.0 Å². The Kier molecular flexibility index (Phi) is 8.51. The Bertz CT molecular complexity index is 1170. The molecule has 0 radical (unpaired) electrons. The molecule has 198 valence electrons. The summed E-state index contributed by atoms with van der Waals surface area (Å²) in [5.74, 6) is 3.64. The van der Waals surface area contributed by atoms with Crippen molar-refractivity contribution in [3.05, 3.63) is 65.0 Å². The fourth-order valence-corrected chi connectivity index (χ4v) is 6.98. The number of ketones is 1. The molecular formula is C32H43N3O2. The molecule has 0 aliphatic heterocycles. The van der Waals surface area contributed by atoms with Gasteiger partial charge in [0.05, 0.1) is 11.5 Å². The Morgan fingerprint density at radius 1 is 1.11 bits per heavy atom. The maximum absolute atomic E-state index is 13.2. The first-order chi connectivity index (χ1) is 17.7. The minimum Gasteiger partial charge on any atom is -0.508 e. The molecule has 5 heteroatoms. The summed E-state index contributed by atoms with van der Waals surface area (Å²) in [6.07, 6.45) is 8.83. The van der Waals surface area contributed by atoms with Gasteiger partial charge in [-0.15, -0.1) is 0 Å². The molecule has 1 aromatic heterocycles. The van der Waals surface area contributed by atoms with Gasteiger partial charge in [-0.25, -0.2) is 4.99 Å². The van der Waals surface area contributed by atoms with Gasteiger partial charge in [-0.1, -0.05) is 32.1 Å². The molecule has 5 nitrogen and oxygen atoms in total. The van der Waals surface area contributed by atoms with Gasteiger partial charge >= 0.3 is 0 Å². The highest BCUT2D eigenvalue weighted by molar-refractivity contribution is 5.98. The average Bonchev–Trinajstić information content (AvgIpc) is 2.87. The van der Waals surface area contributed by atoms with Crippen LogP contribution in [0.3, 0.4) is 0 Å². The highest BCUT2D eigenvalue weighted by Crippen LogP contribution is 2.49. The van der Waals surface area contributed by atoms with E-state index in [4.69, 9.17) is 5.73 Å². The molecule has 4 rings (SSSR count). The largest absolute Gasteiger partial charge is 0.508 e. The molecule has 3 N–H and O–H groups in total. The van der Waals surface area contributed by atoms with Gasteiger partial charge < -0.3 is 10.8 Å². The number of benzene rings is 1. The Morgan fingerprint density at radius 2 is 1.84 bits per heavy atom. The lowest BCUT2D eigenvalue weighted by molar-refractivity contribution is 0.0761. The monoisotopic (exact) mass is 501 g/mol. The summed E-state index contributed by atoms with van der Waals surface area (Å²) in [6, 6.07) is 9.74. The number of aliphatic imine (C=N–C) groups is 1. The van der Waals surface area contributed by atoms with Crippen molar-refractivity contribution >= 4 is 17.3 Å². The molecule has 3 atom stereocenters. The summed E-state index contributed by atoms with van der Waals surface area (Å²) in [7, 11) is 0. The van der Waals surface area contributed by atoms with E-state index in [9.17, 15) is 9.90 Å². The minimum atomic E-state index is 0.133. The number of phenols is 1. The number of aryl methyl sites for hydroxylation is 2. The second-order valence-corrected chi connectivity index (χ2v) is 11.4. The van der Waals surface area contributed by atoms with Gasteiger partial charge in [0, 0.05) is 28.4 Å². The third-order valence-corrected chi connectivity index (χ3v) is 8.92. The summed E-state index contributed by atoms with van der Waals surface area (Å²) >= 11 is 0. The molecule has 2 aliphatic rings. The molecule has 0 bridgehead atoms. The van der Waals surface area contributed by atoms with E-state index in [1.165, 1.54) is 6.42 Å². The predicted octanol–water partition coefficient (Wildman–Crippen LogP) is 7.35. The molecule has 0 spiro atoms. The van der Waals surface area contributed by atoms with Crippen LogP contribution in [0.25, 0.3) is 5.70 Å². The second kappa shape index (κ2) is 11.6. The second-order valence-electron chi connectivity index (χ2n) is 11.4. The number of hydrogen-bond acceptors (Lipinski definition) is 4. The topological polar surface area (TPSA) is 88.6 Å². The van der Waals surface area contributed by atoms with E-state index in [2.05, 4.69) is 23.5 Å². The maximum Gasteiger partial charge on any atom is 0.167 e. The van der Waals surface area contributed by atoms with Gasteiger partial charge in [0.1, 0.15) is 5.75 Å². The van der Waals surface area contributed by atoms with Gasteiger partial charge in [0.15, 0.2) is 5.78 Å². The van der Waals surface area contributed by atoms with Gasteiger partial charge in [-0.05, 0) is 113 Å². The molecule has 1 aromatic carbocycles. The first kappa shape index (κ1) is 27.1. The Hall–Kier alpha value is -2.95. The Balaban J connectivity index is 1.37. The lowest BCUT2D eigenvalue weighted by atomic mass is 9.62. The van der Waals surface area contributed by atoms with Crippen molar-refractivity contribution in [2.24, 2.45) is 34.4 Å². The van der Waals surface area contributed by atoms with Crippen LogP contribution in [0.2, 0.25) is 0 Å². The SMILES string of the molecule is C=C(N=C(C)N)c1ccc(C2CCC(C3CCC(C(=O)c4ccc(C)nc4C)CC3)[C@@H](CC)C2)c(O)c1. The van der Waals surface area contributed by atoms with Gasteiger partial charge in [0.2, 0.25) is 0 Å². The lowest BCUT2D eigenvalue weighted by Crippen LogP contribution is -2.33. The summed E-state index contributed by atoms with van der Waals surface area (Å²) in [4.78, 5) is 21.9. The zero-order valence-corrected chi connectivity index (χ0v) is 23.0. The number of carbonyl (C=O) groups is 1. The van der Waals surface area contributed by atoms with Crippen LogP contribution in [0.1, 0.15) is 104 Å². The van der Waals surface area contributed by atoms with Crippen LogP contribution in [0.5, 0.6) is 5.75 Å². The van der Waals surface area contributed by atoms with Crippen LogP contribution in [0, 0.1) is 37.5 Å². The van der Waals surface area contributed by atoms with Crippen molar-refractivity contribution in [3.8, 4) is 5.75 Å². The molecule has 2 fully saturated rings. The highest BCUT2D eigenvalue weighted by Gasteiger charge is 2.38. The van der Waals surface area contributed by atoms with Crippen LogP contribution in [0.4, 0.5) is 0 Å². The number of Topliss-reactive ketones (excluding diaryl/α,β-unsaturated/α-hetero) is 1. The smallest absolute Gasteiger partial charge is 0.167 e. The number of pyridine rings is 1. The number of nitrogens with two attached hydrogens (primary N) is 1. The fourth-order valence-electron chi connectivity index (χ4n) is 6.98. The van der Waals surface area contributed by atoms with Crippen molar-refractivity contribution in [2.45, 2.75) is 85.0 Å². The van der Waals surface area contributed by atoms with Crippen molar-refractivity contribution in [1.29, 1.82) is 0 Å².